The van der Waals surface area contributed by atoms with E-state index in [-0.39, 0.29) is 0 Å². The Morgan fingerprint density at radius 2 is 1.06 bits per heavy atom. The molecule has 0 bridgehead atoms. The highest BCUT2D eigenvalue weighted by atomic mass is 28.4. The molecule has 98 valence electrons. The van der Waals surface area contributed by atoms with Crippen LogP contribution in [0.2, 0.25) is 0 Å². The van der Waals surface area contributed by atoms with Gasteiger partial charge in [0.2, 0.25) is 0 Å². The van der Waals surface area contributed by atoms with E-state index in [0.29, 0.717) is 0 Å². The van der Waals surface area contributed by atoms with E-state index in [9.17, 15) is 0 Å². The van der Waals surface area contributed by atoms with Crippen LogP contribution in [-0.2, 0) is 4.43 Å². The van der Waals surface area contributed by atoms with Gasteiger partial charge >= 0.3 is 0 Å². The van der Waals surface area contributed by atoms with Gasteiger partial charge in [0.25, 0.3) is 8.32 Å². The van der Waals surface area contributed by atoms with Gasteiger partial charge in [0.15, 0.2) is 8.07 Å². The molecule has 0 saturated heterocycles. The average Bonchev–Trinajstić information content (AvgIpc) is 2.38. The molecule has 3 heteroatoms. The van der Waals surface area contributed by atoms with Crippen LogP contribution in [-0.4, -0.2) is 21.6 Å². The predicted molar refractivity (Wildman–Crippen MR) is 87.9 cm³/mol. The third kappa shape index (κ3) is 2.80. The minimum absolute atomic E-state index is 0.416. The first-order valence-electron chi connectivity index (χ1n) is 5.84. The Morgan fingerprint density at radius 3 is 1.28 bits per heavy atom. The minimum atomic E-state index is -2.33. The summed E-state index contributed by atoms with van der Waals surface area (Å²) in [4.78, 5) is 0. The van der Waals surface area contributed by atoms with Crippen LogP contribution in [0.15, 0.2) is 73.7 Å². The molecule has 0 aliphatic carbocycles. The highest BCUT2D eigenvalue weighted by Gasteiger charge is 2.45. The minimum Gasteiger partial charge on any atom is -0.402 e. The van der Waals surface area contributed by atoms with Crippen molar-refractivity contribution < 1.29 is 4.43 Å². The summed E-state index contributed by atoms with van der Waals surface area (Å²) < 4.78 is 6.34. The van der Waals surface area contributed by atoms with Gasteiger partial charge < -0.3 is 4.43 Å². The summed E-state index contributed by atoms with van der Waals surface area (Å²) >= 11 is 0. The Kier molecular flexibility index (Phi) is 5.74. The van der Waals surface area contributed by atoms with Crippen molar-refractivity contribution in [3.05, 3.63) is 73.7 Å². The Morgan fingerprint density at radius 1 is 0.722 bits per heavy atom. The van der Waals surface area contributed by atoms with E-state index in [4.69, 9.17) is 4.43 Å². The normalized spacial score (nSPS) is 12.3. The van der Waals surface area contributed by atoms with Crippen LogP contribution in [0.1, 0.15) is 13.8 Å². The molecule has 0 aliphatic rings. The molecule has 18 heavy (non-hydrogen) atoms. The van der Waals surface area contributed by atoms with Crippen LogP contribution in [0, 0.1) is 0 Å². The summed E-state index contributed by atoms with van der Waals surface area (Å²) in [6.45, 7) is 27.4. The van der Waals surface area contributed by atoms with Crippen molar-refractivity contribution in [2.24, 2.45) is 0 Å². The van der Waals surface area contributed by atoms with Crippen LogP contribution in [0.3, 0.4) is 0 Å². The van der Waals surface area contributed by atoms with E-state index >= 15 is 0 Å². The third-order valence-corrected chi connectivity index (χ3v) is 10.6. The first kappa shape index (κ1) is 16.8. The van der Waals surface area contributed by atoms with Gasteiger partial charge in [-0.2, -0.15) is 0 Å². The molecule has 0 rings (SSSR count). The second-order valence-corrected chi connectivity index (χ2v) is 12.1. The lowest BCUT2D eigenvalue weighted by Gasteiger charge is -2.43. The first-order valence-corrected chi connectivity index (χ1v) is 10.2. The summed E-state index contributed by atoms with van der Waals surface area (Å²) in [6, 6.07) is 0. The molecule has 0 fully saturated rings. The lowest BCUT2D eigenvalue weighted by molar-refractivity contribution is 0.187. The van der Waals surface area contributed by atoms with E-state index in [1.165, 1.54) is 0 Å². The van der Waals surface area contributed by atoms with Gasteiger partial charge in [-0.3, -0.25) is 0 Å². The standard InChI is InChI=1S/C15H24OSi2/c1-9-17(10-2,11-3)15(7,8)16-18(12-4,13-5)14-6/h9-14H,1-6H2,7-8H3. The zero-order valence-corrected chi connectivity index (χ0v) is 13.6. The summed E-state index contributed by atoms with van der Waals surface area (Å²) in [5.41, 5.74) is 11.3. The van der Waals surface area contributed by atoms with E-state index in [1.807, 2.05) is 48.0 Å². The SMILES string of the molecule is C=C[Si](C=C)(C=C)OC(C)(C)[Si](C=C)(C=C)C=C. The van der Waals surface area contributed by atoms with Crippen molar-refractivity contribution in [3.8, 4) is 0 Å². The van der Waals surface area contributed by atoms with Crippen molar-refractivity contribution in [3.63, 3.8) is 0 Å². The highest BCUT2D eigenvalue weighted by Crippen LogP contribution is 2.31. The lowest BCUT2D eigenvalue weighted by atomic mass is 10.5. The molecule has 0 atom stereocenters. The summed E-state index contributed by atoms with van der Waals surface area (Å²) in [7, 11) is -4.47. The molecule has 0 aromatic heterocycles. The largest absolute Gasteiger partial charge is 0.402 e. The second-order valence-electron chi connectivity index (χ2n) is 4.62. The maximum atomic E-state index is 6.34. The van der Waals surface area contributed by atoms with Gasteiger partial charge in [-0.25, -0.2) is 0 Å². The first-order chi connectivity index (χ1) is 8.32. The molecular formula is C15H24OSi2. The molecule has 1 nitrogen and oxygen atoms in total. The van der Waals surface area contributed by atoms with Gasteiger partial charge in [-0.15, -0.1) is 39.5 Å². The topological polar surface area (TPSA) is 9.23 Å². The molecular weight excluding hydrogens is 252 g/mol. The molecule has 0 heterocycles. The van der Waals surface area contributed by atoms with Crippen LogP contribution < -0.4 is 0 Å². The fourth-order valence-electron chi connectivity index (χ4n) is 1.89. The van der Waals surface area contributed by atoms with E-state index in [2.05, 4.69) is 39.5 Å². The smallest absolute Gasteiger partial charge is 0.265 e. The van der Waals surface area contributed by atoms with Crippen LogP contribution in [0.5, 0.6) is 0 Å². The molecule has 0 spiro atoms. The van der Waals surface area contributed by atoms with Crippen molar-refractivity contribution in [2.45, 2.75) is 19.1 Å². The lowest BCUT2D eigenvalue weighted by Crippen LogP contribution is -2.58. The average molecular weight is 277 g/mol. The van der Waals surface area contributed by atoms with Gasteiger partial charge in [-0.1, -0.05) is 34.2 Å². The molecule has 0 unspecified atom stereocenters. The molecule has 0 aromatic rings. The van der Waals surface area contributed by atoms with E-state index < -0.39 is 21.6 Å². The Labute approximate surface area is 114 Å². The number of hydrogen-bond donors (Lipinski definition) is 0. The second kappa shape index (κ2) is 6.13. The maximum absolute atomic E-state index is 6.34. The van der Waals surface area contributed by atoms with Crippen LogP contribution in [0.25, 0.3) is 0 Å². The molecule has 0 N–H and O–H groups in total. The Hall–Kier alpha value is -1.17. The van der Waals surface area contributed by atoms with Crippen molar-refractivity contribution >= 4 is 16.4 Å². The van der Waals surface area contributed by atoms with Crippen molar-refractivity contribution in [2.75, 3.05) is 0 Å². The molecule has 0 aromatic carbocycles. The summed E-state index contributed by atoms with van der Waals surface area (Å²) in [5.74, 6) is 0. The maximum Gasteiger partial charge on any atom is 0.265 e. The molecule has 0 amide bonds. The quantitative estimate of drug-likeness (QED) is 0.577. The monoisotopic (exact) mass is 276 g/mol. The Balaban J connectivity index is 5.64. The zero-order valence-electron chi connectivity index (χ0n) is 11.6. The summed E-state index contributed by atoms with van der Waals surface area (Å²) in [6.07, 6.45) is 0. The molecule has 0 saturated carbocycles. The third-order valence-electron chi connectivity index (χ3n) is 3.45. The van der Waals surface area contributed by atoms with Gasteiger partial charge in [-0.05, 0) is 13.8 Å². The van der Waals surface area contributed by atoms with Crippen LogP contribution >= 0.6 is 0 Å². The van der Waals surface area contributed by atoms with Gasteiger partial charge in [0, 0.05) is 0 Å². The van der Waals surface area contributed by atoms with E-state index in [0.717, 1.165) is 0 Å². The zero-order chi connectivity index (χ0) is 14.4. The molecule has 0 aliphatic heterocycles. The number of hydrogen-bond acceptors (Lipinski definition) is 1. The van der Waals surface area contributed by atoms with E-state index in [1.54, 1.807) is 0 Å². The van der Waals surface area contributed by atoms with Crippen molar-refractivity contribution in [1.82, 2.24) is 0 Å². The van der Waals surface area contributed by atoms with Crippen molar-refractivity contribution in [1.29, 1.82) is 0 Å². The molecule has 0 radical (unpaired) electrons. The van der Waals surface area contributed by atoms with Crippen LogP contribution in [0.4, 0.5) is 0 Å². The van der Waals surface area contributed by atoms with Gasteiger partial charge in [0.05, 0.1) is 5.22 Å². The summed E-state index contributed by atoms with van der Waals surface area (Å²) in [5, 5.41) is -0.416. The highest BCUT2D eigenvalue weighted by molar-refractivity contribution is 6.96. The fraction of sp³-hybridized carbons (Fsp3) is 0.200. The number of rotatable bonds is 9. The Bertz CT molecular complexity index is 336. The predicted octanol–water partition coefficient (Wildman–Crippen LogP) is 4.07. The van der Waals surface area contributed by atoms with Gasteiger partial charge in [0.1, 0.15) is 0 Å². The fourth-order valence-corrected chi connectivity index (χ4v) is 6.74.